The number of amides is 1. The van der Waals surface area contributed by atoms with Crippen molar-refractivity contribution in [2.75, 3.05) is 40.9 Å². The van der Waals surface area contributed by atoms with E-state index in [4.69, 9.17) is 9.05 Å². The third kappa shape index (κ3) is 59.9. The quantitative estimate of drug-likeness (QED) is 0.0272. The lowest BCUT2D eigenvalue weighted by Gasteiger charge is -2.29. The fraction of sp³-hybridized carbons (Fsp3) is 0.836. The number of aliphatic hydroxyl groups excluding tert-OH is 1. The van der Waals surface area contributed by atoms with Gasteiger partial charge in [0.15, 0.2) is 0 Å². The number of likely N-dealkylation sites (N-methyl/N-ethyl adjacent to an activating group) is 1. The van der Waals surface area contributed by atoms with E-state index in [1.807, 2.05) is 27.2 Å². The molecule has 0 rings (SSSR count). The molecule has 0 saturated heterocycles. The summed E-state index contributed by atoms with van der Waals surface area (Å²) in [7, 11) is 1.25. The van der Waals surface area contributed by atoms with Crippen LogP contribution in [0.1, 0.15) is 309 Å². The van der Waals surface area contributed by atoms with Crippen LogP contribution in [-0.2, 0) is 18.4 Å². The highest BCUT2D eigenvalue weighted by Crippen LogP contribution is 2.38. The molecule has 446 valence electrons. The number of phosphoric ester groups is 1. The van der Waals surface area contributed by atoms with Gasteiger partial charge in [0.05, 0.1) is 39.9 Å². The monoisotopic (exact) mass is 1090 g/mol. The molecule has 0 heterocycles. The van der Waals surface area contributed by atoms with Gasteiger partial charge in [-0.3, -0.25) is 9.36 Å². The van der Waals surface area contributed by atoms with Gasteiger partial charge in [0.2, 0.25) is 5.91 Å². The van der Waals surface area contributed by atoms with E-state index in [1.165, 1.54) is 238 Å². The van der Waals surface area contributed by atoms with Gasteiger partial charge in [0, 0.05) is 6.42 Å². The van der Waals surface area contributed by atoms with Gasteiger partial charge in [-0.2, -0.15) is 0 Å². The number of carbonyl (C=O) groups excluding carboxylic acids is 1. The van der Waals surface area contributed by atoms with E-state index in [2.05, 4.69) is 67.8 Å². The zero-order valence-corrected chi connectivity index (χ0v) is 51.9. The Morgan fingerprint density at radius 2 is 0.776 bits per heavy atom. The SMILES string of the molecule is CCCCCCC/C=C\C/C=C\C/C=C\CCCCCCCCCCCCCCCCCCCCCCCCC(=O)NC(COP(=O)([O-])OCC[N+](C)(C)C)C(O)/C=C/CC/C=C/CCCCCCCCCCCCC. The minimum Gasteiger partial charge on any atom is -0.756 e. The number of hydrogen-bond acceptors (Lipinski definition) is 6. The number of aliphatic hydroxyl groups is 1. The van der Waals surface area contributed by atoms with Crippen LogP contribution in [0.3, 0.4) is 0 Å². The highest BCUT2D eigenvalue weighted by Gasteiger charge is 2.23. The first kappa shape index (κ1) is 74.2. The molecule has 0 spiro atoms. The summed E-state index contributed by atoms with van der Waals surface area (Å²) < 4.78 is 23.4. The summed E-state index contributed by atoms with van der Waals surface area (Å²) in [5, 5.41) is 13.9. The van der Waals surface area contributed by atoms with Gasteiger partial charge in [-0.25, -0.2) is 0 Å². The third-order valence-corrected chi connectivity index (χ3v) is 15.7. The molecule has 3 unspecified atom stereocenters. The maximum absolute atomic E-state index is 13.0. The Balaban J connectivity index is 3.99. The summed E-state index contributed by atoms with van der Waals surface area (Å²) in [6.07, 6.45) is 79.1. The number of phosphoric acid groups is 1. The average Bonchev–Trinajstić information content (AvgIpc) is 3.38. The smallest absolute Gasteiger partial charge is 0.268 e. The predicted octanol–water partition coefficient (Wildman–Crippen LogP) is 19.8. The predicted molar refractivity (Wildman–Crippen MR) is 330 cm³/mol. The Kier molecular flexibility index (Phi) is 56.5. The van der Waals surface area contributed by atoms with Crippen molar-refractivity contribution >= 4 is 13.7 Å². The molecule has 0 aromatic heterocycles. The molecule has 0 aliphatic heterocycles. The van der Waals surface area contributed by atoms with Crippen LogP contribution >= 0.6 is 7.82 Å². The average molecular weight is 1090 g/mol. The highest BCUT2D eigenvalue weighted by molar-refractivity contribution is 7.45. The Bertz CT molecular complexity index is 1420. The summed E-state index contributed by atoms with van der Waals surface area (Å²) in [6, 6.07) is -0.904. The van der Waals surface area contributed by atoms with Crippen molar-refractivity contribution in [1.82, 2.24) is 5.32 Å². The third-order valence-electron chi connectivity index (χ3n) is 14.7. The van der Waals surface area contributed by atoms with Crippen LogP contribution in [0.15, 0.2) is 60.8 Å². The minimum absolute atomic E-state index is 0.00595. The number of nitrogens with zero attached hydrogens (tertiary/aromatic N) is 1. The topological polar surface area (TPSA) is 108 Å². The van der Waals surface area contributed by atoms with Crippen LogP contribution in [0.2, 0.25) is 0 Å². The van der Waals surface area contributed by atoms with Crippen molar-refractivity contribution < 1.29 is 32.9 Å². The van der Waals surface area contributed by atoms with E-state index in [1.54, 1.807) is 6.08 Å². The Morgan fingerprint density at radius 1 is 0.461 bits per heavy atom. The molecule has 0 aliphatic carbocycles. The molecule has 76 heavy (non-hydrogen) atoms. The molecule has 0 aromatic rings. The van der Waals surface area contributed by atoms with Crippen molar-refractivity contribution in [3.63, 3.8) is 0 Å². The van der Waals surface area contributed by atoms with Crippen LogP contribution in [0.25, 0.3) is 0 Å². The number of hydrogen-bond donors (Lipinski definition) is 2. The van der Waals surface area contributed by atoms with Gasteiger partial charge >= 0.3 is 0 Å². The van der Waals surface area contributed by atoms with E-state index in [0.29, 0.717) is 17.4 Å². The van der Waals surface area contributed by atoms with Crippen LogP contribution in [-0.4, -0.2) is 68.5 Å². The second kappa shape index (κ2) is 57.9. The number of allylic oxidation sites excluding steroid dienone is 9. The molecule has 0 aliphatic rings. The number of unbranched alkanes of at least 4 members (excludes halogenated alkanes) is 39. The van der Waals surface area contributed by atoms with Crippen molar-refractivity contribution in [3.8, 4) is 0 Å². The zero-order chi connectivity index (χ0) is 55.6. The molecule has 0 fully saturated rings. The second-order valence-electron chi connectivity index (χ2n) is 23.5. The standard InChI is InChI=1S/C67H127N2O6P/c1-6-8-10-12-14-16-18-20-22-24-25-26-27-28-29-30-31-32-33-34-35-36-37-38-39-40-41-42-43-45-47-49-51-53-55-57-59-61-67(71)68-65(64-75-76(72,73)74-63-62-69(3,4)5)66(70)60-58-56-54-52-50-48-46-44-23-21-19-17-15-13-11-9-7-2/h18,20,24-25,27-28,50,52,58,60,65-66,70H,6-17,19,21-23,26,29-49,51,53-57,59,61-64H2,1-5H3,(H-,68,71,72,73)/b20-18-,25-24-,28-27-,52-50+,60-58+. The summed E-state index contributed by atoms with van der Waals surface area (Å²) in [6.45, 7) is 4.64. The van der Waals surface area contributed by atoms with Crippen LogP contribution in [0, 0.1) is 0 Å². The van der Waals surface area contributed by atoms with Crippen molar-refractivity contribution in [3.05, 3.63) is 60.8 Å². The largest absolute Gasteiger partial charge is 0.756 e. The van der Waals surface area contributed by atoms with E-state index in [0.717, 1.165) is 51.4 Å². The summed E-state index contributed by atoms with van der Waals surface area (Å²) in [4.78, 5) is 25.5. The molecule has 0 aromatic carbocycles. The fourth-order valence-corrected chi connectivity index (χ4v) is 10.3. The van der Waals surface area contributed by atoms with Gasteiger partial charge in [0.25, 0.3) is 7.82 Å². The molecule has 2 N–H and O–H groups in total. The summed E-state index contributed by atoms with van der Waals surface area (Å²) in [5.74, 6) is -0.203. The number of nitrogens with one attached hydrogen (secondary N) is 1. The molecule has 3 atom stereocenters. The van der Waals surface area contributed by atoms with E-state index >= 15 is 0 Å². The first-order chi connectivity index (χ1) is 37.0. The van der Waals surface area contributed by atoms with E-state index in [9.17, 15) is 19.4 Å². The van der Waals surface area contributed by atoms with E-state index in [-0.39, 0.29) is 12.5 Å². The highest BCUT2D eigenvalue weighted by atomic mass is 31.2. The normalized spacial score (nSPS) is 14.1. The molecule has 0 saturated carbocycles. The van der Waals surface area contributed by atoms with Gasteiger partial charge in [-0.1, -0.05) is 293 Å². The lowest BCUT2D eigenvalue weighted by atomic mass is 10.0. The molecular weight excluding hydrogens is 960 g/mol. The van der Waals surface area contributed by atoms with Crippen molar-refractivity contribution in [2.24, 2.45) is 0 Å². The minimum atomic E-state index is -4.61. The van der Waals surface area contributed by atoms with Crippen LogP contribution in [0.5, 0.6) is 0 Å². The zero-order valence-electron chi connectivity index (χ0n) is 51.0. The van der Waals surface area contributed by atoms with Gasteiger partial charge in [0.1, 0.15) is 13.2 Å². The molecule has 9 heteroatoms. The fourth-order valence-electron chi connectivity index (χ4n) is 9.59. The molecule has 8 nitrogen and oxygen atoms in total. The van der Waals surface area contributed by atoms with Gasteiger partial charge < -0.3 is 28.8 Å². The maximum atomic E-state index is 13.0. The molecule has 1 amide bonds. The first-order valence-electron chi connectivity index (χ1n) is 32.7. The number of carbonyl (C=O) groups is 1. The van der Waals surface area contributed by atoms with Crippen LogP contribution in [0.4, 0.5) is 0 Å². The molecular formula is C67H127N2O6P. The van der Waals surface area contributed by atoms with Gasteiger partial charge in [-0.15, -0.1) is 0 Å². The van der Waals surface area contributed by atoms with Crippen LogP contribution < -0.4 is 10.2 Å². The summed E-state index contributed by atoms with van der Waals surface area (Å²) in [5.41, 5.74) is 0. The Hall–Kier alpha value is -1.80. The lowest BCUT2D eigenvalue weighted by Crippen LogP contribution is -2.45. The lowest BCUT2D eigenvalue weighted by molar-refractivity contribution is -0.870. The van der Waals surface area contributed by atoms with Crippen molar-refractivity contribution in [2.45, 2.75) is 321 Å². The maximum Gasteiger partial charge on any atom is 0.268 e. The Labute approximate surface area is 472 Å². The first-order valence-corrected chi connectivity index (χ1v) is 34.1. The number of quaternary nitrogens is 1. The molecule has 0 bridgehead atoms. The second-order valence-corrected chi connectivity index (χ2v) is 24.9. The Morgan fingerprint density at radius 3 is 1.16 bits per heavy atom. The molecule has 0 radical (unpaired) electrons. The number of rotatable bonds is 60. The van der Waals surface area contributed by atoms with Gasteiger partial charge in [-0.05, 0) is 70.6 Å². The van der Waals surface area contributed by atoms with E-state index < -0.39 is 26.6 Å². The van der Waals surface area contributed by atoms with Crippen molar-refractivity contribution in [1.29, 1.82) is 0 Å². The summed E-state index contributed by atoms with van der Waals surface area (Å²) >= 11 is 0.